The number of pyridine rings is 1. The van der Waals surface area contributed by atoms with Crippen LogP contribution in [0.2, 0.25) is 0 Å². The maximum Gasteiger partial charge on any atom is 0.307 e. The van der Waals surface area contributed by atoms with Crippen molar-refractivity contribution < 1.29 is 9.90 Å². The summed E-state index contributed by atoms with van der Waals surface area (Å²) in [5, 5.41) is 9.33. The zero-order valence-electron chi connectivity index (χ0n) is 11.1. The second-order valence-corrected chi connectivity index (χ2v) is 5.58. The van der Waals surface area contributed by atoms with Crippen LogP contribution in [0.4, 0.5) is 0 Å². The summed E-state index contributed by atoms with van der Waals surface area (Å²) >= 11 is 0. The monoisotopic (exact) mass is 259 g/mol. The van der Waals surface area contributed by atoms with Crippen molar-refractivity contribution in [2.45, 2.75) is 32.6 Å². The molecule has 2 aromatic heterocycles. The third-order valence-corrected chi connectivity index (χ3v) is 4.09. The van der Waals surface area contributed by atoms with E-state index in [-0.39, 0.29) is 11.8 Å². The quantitative estimate of drug-likeness (QED) is 0.868. The first kappa shape index (κ1) is 12.1. The fourth-order valence-electron chi connectivity index (χ4n) is 3.10. The second-order valence-electron chi connectivity index (χ2n) is 5.58. The molecule has 1 fully saturated rings. The second kappa shape index (κ2) is 4.33. The Labute approximate surface area is 111 Å². The van der Waals surface area contributed by atoms with Crippen LogP contribution in [0.1, 0.15) is 37.1 Å². The van der Waals surface area contributed by atoms with Gasteiger partial charge in [-0.2, -0.15) is 0 Å². The fraction of sp³-hybridized carbons (Fsp3) is 0.500. The Morgan fingerprint density at radius 1 is 1.47 bits per heavy atom. The molecule has 1 aliphatic rings. The van der Waals surface area contributed by atoms with E-state index in [0.717, 1.165) is 29.7 Å². The van der Waals surface area contributed by atoms with E-state index in [1.165, 1.54) is 0 Å². The number of carboxylic acid groups (broad SMARTS) is 1. The number of nitrogens with zero attached hydrogens (tertiary/aromatic N) is 2. The summed E-state index contributed by atoms with van der Waals surface area (Å²) in [4.78, 5) is 23.4. The molecule has 2 heterocycles. The maximum absolute atomic E-state index is 11.4. The Bertz CT molecular complexity index is 635. The van der Waals surface area contributed by atoms with Crippen LogP contribution in [0.5, 0.6) is 0 Å². The third-order valence-electron chi connectivity index (χ3n) is 4.09. The zero-order valence-corrected chi connectivity index (χ0v) is 11.1. The molecule has 0 radical (unpaired) electrons. The van der Waals surface area contributed by atoms with Gasteiger partial charge in [-0.3, -0.25) is 4.79 Å². The highest BCUT2D eigenvalue weighted by molar-refractivity contribution is 5.75. The van der Waals surface area contributed by atoms with E-state index < -0.39 is 5.97 Å². The summed E-state index contributed by atoms with van der Waals surface area (Å²) in [6.45, 7) is 4.10. The van der Waals surface area contributed by atoms with Crippen molar-refractivity contribution in [2.24, 2.45) is 11.8 Å². The summed E-state index contributed by atoms with van der Waals surface area (Å²) in [5.41, 5.74) is 2.68. The SMILES string of the molecule is Cc1ccnc2nc(C3CC(C)CC3C(=O)O)[nH]c12. The number of carbonyl (C=O) groups is 1. The molecule has 5 heteroatoms. The molecule has 5 nitrogen and oxygen atoms in total. The number of H-pyrrole nitrogens is 1. The molecule has 0 amide bonds. The van der Waals surface area contributed by atoms with E-state index in [2.05, 4.69) is 21.9 Å². The predicted octanol–water partition coefficient (Wildman–Crippen LogP) is 2.48. The number of aliphatic carboxylic acids is 1. The Balaban J connectivity index is 2.04. The number of aryl methyl sites for hydroxylation is 1. The molecule has 1 saturated carbocycles. The highest BCUT2D eigenvalue weighted by Gasteiger charge is 2.39. The first-order valence-electron chi connectivity index (χ1n) is 6.60. The summed E-state index contributed by atoms with van der Waals surface area (Å²) in [6, 6.07) is 1.93. The lowest BCUT2D eigenvalue weighted by Crippen LogP contribution is -2.17. The Morgan fingerprint density at radius 2 is 2.26 bits per heavy atom. The van der Waals surface area contributed by atoms with Crippen molar-refractivity contribution in [1.82, 2.24) is 15.0 Å². The maximum atomic E-state index is 11.4. The molecule has 1 aliphatic carbocycles. The Kier molecular flexibility index (Phi) is 2.77. The molecule has 2 aromatic rings. The van der Waals surface area contributed by atoms with Crippen molar-refractivity contribution in [3.63, 3.8) is 0 Å². The van der Waals surface area contributed by atoms with Gasteiger partial charge in [0.1, 0.15) is 5.82 Å². The van der Waals surface area contributed by atoms with Gasteiger partial charge in [0.05, 0.1) is 11.4 Å². The lowest BCUT2D eigenvalue weighted by Gasteiger charge is -2.12. The number of nitrogens with one attached hydrogen (secondary N) is 1. The van der Waals surface area contributed by atoms with Crippen LogP contribution in [-0.4, -0.2) is 26.0 Å². The lowest BCUT2D eigenvalue weighted by molar-refractivity contribution is -0.142. The van der Waals surface area contributed by atoms with E-state index in [1.54, 1.807) is 6.20 Å². The summed E-state index contributed by atoms with van der Waals surface area (Å²) < 4.78 is 0. The van der Waals surface area contributed by atoms with E-state index in [4.69, 9.17) is 0 Å². The molecule has 0 saturated heterocycles. The lowest BCUT2D eigenvalue weighted by atomic mass is 9.96. The predicted molar refractivity (Wildman–Crippen MR) is 70.9 cm³/mol. The molecule has 3 rings (SSSR count). The first-order valence-corrected chi connectivity index (χ1v) is 6.60. The third kappa shape index (κ3) is 1.99. The molecule has 0 aliphatic heterocycles. The number of aromatic amines is 1. The minimum atomic E-state index is -0.723. The average molecular weight is 259 g/mol. The summed E-state index contributed by atoms with van der Waals surface area (Å²) in [6.07, 6.45) is 3.33. The van der Waals surface area contributed by atoms with Gasteiger partial charge in [-0.15, -0.1) is 0 Å². The number of fused-ring (bicyclic) bond motifs is 1. The van der Waals surface area contributed by atoms with E-state index in [1.807, 2.05) is 13.0 Å². The van der Waals surface area contributed by atoms with Gasteiger partial charge in [0.25, 0.3) is 0 Å². The Hall–Kier alpha value is -1.91. The minimum absolute atomic E-state index is 0.0268. The largest absolute Gasteiger partial charge is 0.481 e. The van der Waals surface area contributed by atoms with Crippen LogP contribution in [-0.2, 0) is 4.79 Å². The molecule has 19 heavy (non-hydrogen) atoms. The van der Waals surface area contributed by atoms with Crippen LogP contribution in [0.3, 0.4) is 0 Å². The van der Waals surface area contributed by atoms with Gasteiger partial charge >= 0.3 is 5.97 Å². The molecule has 3 unspecified atom stereocenters. The van der Waals surface area contributed by atoms with Gasteiger partial charge < -0.3 is 10.1 Å². The van der Waals surface area contributed by atoms with E-state index in [9.17, 15) is 9.90 Å². The van der Waals surface area contributed by atoms with Crippen molar-refractivity contribution in [1.29, 1.82) is 0 Å². The van der Waals surface area contributed by atoms with Crippen LogP contribution < -0.4 is 0 Å². The minimum Gasteiger partial charge on any atom is -0.481 e. The standard InChI is InChI=1S/C14H17N3O2/c1-7-5-9(10(6-7)14(18)19)12-16-11-8(2)3-4-15-13(11)17-12/h3-4,7,9-10H,5-6H2,1-2H3,(H,18,19)(H,15,16,17). The normalized spacial score (nSPS) is 26.9. The van der Waals surface area contributed by atoms with Gasteiger partial charge in [0.2, 0.25) is 0 Å². The summed E-state index contributed by atoms with van der Waals surface area (Å²) in [5.74, 6) is 0.110. The van der Waals surface area contributed by atoms with Gasteiger partial charge in [-0.25, -0.2) is 9.97 Å². The Morgan fingerprint density at radius 3 is 2.95 bits per heavy atom. The molecule has 100 valence electrons. The molecule has 2 N–H and O–H groups in total. The van der Waals surface area contributed by atoms with Crippen LogP contribution >= 0.6 is 0 Å². The van der Waals surface area contributed by atoms with Gasteiger partial charge in [0.15, 0.2) is 5.65 Å². The van der Waals surface area contributed by atoms with Crippen molar-refractivity contribution in [3.05, 3.63) is 23.7 Å². The number of hydrogen-bond donors (Lipinski definition) is 2. The molecule has 0 spiro atoms. The number of aromatic nitrogens is 3. The summed E-state index contributed by atoms with van der Waals surface area (Å²) in [7, 11) is 0. The number of rotatable bonds is 2. The van der Waals surface area contributed by atoms with Crippen molar-refractivity contribution in [3.8, 4) is 0 Å². The zero-order chi connectivity index (χ0) is 13.6. The van der Waals surface area contributed by atoms with Crippen molar-refractivity contribution in [2.75, 3.05) is 0 Å². The molecule has 3 atom stereocenters. The van der Waals surface area contributed by atoms with Crippen LogP contribution in [0, 0.1) is 18.8 Å². The number of carboxylic acids is 1. The highest BCUT2D eigenvalue weighted by Crippen LogP contribution is 2.42. The molecule has 0 bridgehead atoms. The molecular formula is C14H17N3O2. The first-order chi connectivity index (χ1) is 9.06. The number of imidazole rings is 1. The van der Waals surface area contributed by atoms with E-state index in [0.29, 0.717) is 11.6 Å². The van der Waals surface area contributed by atoms with Crippen LogP contribution in [0.15, 0.2) is 12.3 Å². The van der Waals surface area contributed by atoms with E-state index >= 15 is 0 Å². The van der Waals surface area contributed by atoms with Gasteiger partial charge in [-0.1, -0.05) is 6.92 Å². The van der Waals surface area contributed by atoms with Gasteiger partial charge in [-0.05, 0) is 37.3 Å². The van der Waals surface area contributed by atoms with Crippen LogP contribution in [0.25, 0.3) is 11.2 Å². The highest BCUT2D eigenvalue weighted by atomic mass is 16.4. The average Bonchev–Trinajstić information content (AvgIpc) is 2.93. The molecule has 0 aromatic carbocycles. The van der Waals surface area contributed by atoms with Crippen molar-refractivity contribution >= 4 is 17.1 Å². The molecular weight excluding hydrogens is 242 g/mol. The van der Waals surface area contributed by atoms with Gasteiger partial charge in [0, 0.05) is 12.1 Å². The fourth-order valence-corrected chi connectivity index (χ4v) is 3.10. The number of hydrogen-bond acceptors (Lipinski definition) is 3. The smallest absolute Gasteiger partial charge is 0.307 e. The topological polar surface area (TPSA) is 78.9 Å².